The Bertz CT molecular complexity index is 1010. The minimum Gasteiger partial charge on any atom is -0.382 e. The number of anilines is 1. The van der Waals surface area contributed by atoms with Crippen molar-refractivity contribution in [2.45, 2.75) is 69.4 Å². The maximum atomic E-state index is 13.4. The average molecular weight is 477 g/mol. The van der Waals surface area contributed by atoms with Crippen LogP contribution in [0.4, 0.5) is 18.9 Å². The number of nitrogens with zero attached hydrogens (tertiary/aromatic N) is 2. The molecule has 2 aliphatic rings. The van der Waals surface area contributed by atoms with Crippen LogP contribution in [-0.2, 0) is 11.3 Å². The van der Waals surface area contributed by atoms with Gasteiger partial charge in [-0.2, -0.15) is 13.2 Å². The number of halogens is 3. The number of hydrogen-bond acceptors (Lipinski definition) is 4. The van der Waals surface area contributed by atoms with Crippen molar-refractivity contribution in [2.75, 3.05) is 39.2 Å². The number of aromatic nitrogens is 1. The van der Waals surface area contributed by atoms with Crippen molar-refractivity contribution in [3.8, 4) is 11.8 Å². The summed E-state index contributed by atoms with van der Waals surface area (Å²) in [6, 6.07) is 8.61. The van der Waals surface area contributed by atoms with Crippen molar-refractivity contribution in [3.05, 3.63) is 30.0 Å². The molecule has 1 saturated carbocycles. The average Bonchev–Trinajstić information content (AvgIpc) is 3.14. The summed E-state index contributed by atoms with van der Waals surface area (Å²) in [6.45, 7) is 0.860. The highest BCUT2D eigenvalue weighted by molar-refractivity contribution is 5.94. The zero-order chi connectivity index (χ0) is 24.1. The summed E-state index contributed by atoms with van der Waals surface area (Å²) >= 11 is 0. The van der Waals surface area contributed by atoms with Gasteiger partial charge in [-0.3, -0.25) is 0 Å². The lowest BCUT2D eigenvalue weighted by atomic mass is 9.90. The molecule has 2 N–H and O–H groups in total. The largest absolute Gasteiger partial charge is 0.406 e. The maximum absolute atomic E-state index is 13.4. The Hall–Kier alpha value is -2.21. The number of alkyl halides is 3. The summed E-state index contributed by atoms with van der Waals surface area (Å²) in [4.78, 5) is 2.27. The van der Waals surface area contributed by atoms with Crippen LogP contribution in [0.15, 0.2) is 24.3 Å². The Kier molecular flexibility index (Phi) is 8.07. The highest BCUT2D eigenvalue weighted by Crippen LogP contribution is 2.32. The van der Waals surface area contributed by atoms with Crippen LogP contribution in [0.3, 0.4) is 0 Å². The summed E-state index contributed by atoms with van der Waals surface area (Å²) in [6.07, 6.45) is 1.87. The van der Waals surface area contributed by atoms with Crippen LogP contribution in [0, 0.1) is 11.8 Å². The van der Waals surface area contributed by atoms with Crippen molar-refractivity contribution >= 4 is 16.6 Å². The SMILES string of the molecule is CN(C)[C@H]1CC[C@H](Nc2cccc3c2cc(C#CCNC2CCOCC2)n3CC(F)(F)F)CC1. The first kappa shape index (κ1) is 24.9. The molecule has 0 unspecified atom stereocenters. The Morgan fingerprint density at radius 1 is 1.06 bits per heavy atom. The van der Waals surface area contributed by atoms with E-state index in [2.05, 4.69) is 41.5 Å². The Morgan fingerprint density at radius 2 is 1.79 bits per heavy atom. The van der Waals surface area contributed by atoms with E-state index in [1.165, 1.54) is 4.57 Å². The van der Waals surface area contributed by atoms with Crippen LogP contribution in [0.5, 0.6) is 0 Å². The fourth-order valence-electron chi connectivity index (χ4n) is 5.05. The fraction of sp³-hybridized carbons (Fsp3) is 0.615. The molecule has 1 saturated heterocycles. The molecule has 4 rings (SSSR count). The van der Waals surface area contributed by atoms with Crippen LogP contribution in [0.1, 0.15) is 44.2 Å². The van der Waals surface area contributed by atoms with E-state index in [9.17, 15) is 13.2 Å². The highest BCUT2D eigenvalue weighted by Gasteiger charge is 2.30. The van der Waals surface area contributed by atoms with E-state index in [0.29, 0.717) is 35.9 Å². The van der Waals surface area contributed by atoms with Crippen LogP contribution < -0.4 is 10.6 Å². The lowest BCUT2D eigenvalue weighted by Crippen LogP contribution is -2.36. The van der Waals surface area contributed by atoms with E-state index in [0.717, 1.165) is 62.8 Å². The van der Waals surface area contributed by atoms with Crippen LogP contribution in [0.2, 0.25) is 0 Å². The fourth-order valence-corrected chi connectivity index (χ4v) is 5.05. The highest BCUT2D eigenvalue weighted by atomic mass is 19.4. The standard InChI is InChI=1S/C26H35F3N4O/c1-32(2)21-10-8-20(9-11-21)31-24-6-3-7-25-23(24)17-22(33(25)18-26(27,28)29)5-4-14-30-19-12-15-34-16-13-19/h3,6-7,17,19-21,30-31H,8-16,18H2,1-2H3/t20-,21-. The van der Waals surface area contributed by atoms with Crippen LogP contribution in [-0.4, -0.2) is 67.6 Å². The van der Waals surface area contributed by atoms with Gasteiger partial charge >= 0.3 is 6.18 Å². The molecule has 5 nitrogen and oxygen atoms in total. The normalized spacial score (nSPS) is 22.1. The minimum absolute atomic E-state index is 0.325. The lowest BCUT2D eigenvalue weighted by Gasteiger charge is -2.33. The molecule has 34 heavy (non-hydrogen) atoms. The Balaban J connectivity index is 1.53. The predicted molar refractivity (Wildman–Crippen MR) is 130 cm³/mol. The molecule has 8 heteroatoms. The molecule has 2 fully saturated rings. The quantitative estimate of drug-likeness (QED) is 0.598. The summed E-state index contributed by atoms with van der Waals surface area (Å²) < 4.78 is 46.9. The minimum atomic E-state index is -4.32. The molecular weight excluding hydrogens is 441 g/mol. The molecule has 1 aromatic carbocycles. The Labute approximate surface area is 200 Å². The second-order valence-electron chi connectivity index (χ2n) is 9.65. The van der Waals surface area contributed by atoms with Gasteiger partial charge in [-0.15, -0.1) is 0 Å². The monoisotopic (exact) mass is 476 g/mol. The van der Waals surface area contributed by atoms with Gasteiger partial charge in [-0.25, -0.2) is 0 Å². The predicted octanol–water partition coefficient (Wildman–Crippen LogP) is 4.61. The van der Waals surface area contributed by atoms with Crippen molar-refractivity contribution in [2.24, 2.45) is 0 Å². The number of benzene rings is 1. The van der Waals surface area contributed by atoms with E-state index in [-0.39, 0.29) is 0 Å². The summed E-state index contributed by atoms with van der Waals surface area (Å²) in [7, 11) is 4.23. The number of ether oxygens (including phenoxy) is 1. The van der Waals surface area contributed by atoms with Crippen LogP contribution >= 0.6 is 0 Å². The van der Waals surface area contributed by atoms with E-state index >= 15 is 0 Å². The van der Waals surface area contributed by atoms with E-state index < -0.39 is 12.7 Å². The van der Waals surface area contributed by atoms with Gasteiger partial charge < -0.3 is 24.8 Å². The topological polar surface area (TPSA) is 41.5 Å². The number of hydrogen-bond donors (Lipinski definition) is 2. The third-order valence-electron chi connectivity index (χ3n) is 6.99. The Morgan fingerprint density at radius 3 is 2.47 bits per heavy atom. The first-order chi connectivity index (χ1) is 16.3. The molecule has 0 spiro atoms. The smallest absolute Gasteiger partial charge is 0.382 e. The third-order valence-corrected chi connectivity index (χ3v) is 6.99. The van der Waals surface area contributed by atoms with Gasteiger partial charge in [-0.1, -0.05) is 12.0 Å². The van der Waals surface area contributed by atoms with Crippen LogP contribution in [0.25, 0.3) is 10.9 Å². The summed E-state index contributed by atoms with van der Waals surface area (Å²) in [5.41, 5.74) is 1.84. The molecule has 0 bridgehead atoms. The molecule has 2 aromatic rings. The van der Waals surface area contributed by atoms with Gasteiger partial charge in [0, 0.05) is 42.4 Å². The molecule has 0 radical (unpaired) electrons. The third kappa shape index (κ3) is 6.47. The van der Waals surface area contributed by atoms with E-state index in [1.807, 2.05) is 12.1 Å². The second-order valence-corrected chi connectivity index (χ2v) is 9.65. The van der Waals surface area contributed by atoms with Crippen molar-refractivity contribution in [1.82, 2.24) is 14.8 Å². The number of fused-ring (bicyclic) bond motifs is 1. The number of nitrogens with one attached hydrogen (secondary N) is 2. The van der Waals surface area contributed by atoms with Crippen molar-refractivity contribution < 1.29 is 17.9 Å². The second kappa shape index (κ2) is 11.0. The molecular formula is C26H35F3N4O. The molecule has 0 atom stereocenters. The molecule has 2 heterocycles. The van der Waals surface area contributed by atoms with Gasteiger partial charge in [0.1, 0.15) is 6.54 Å². The first-order valence-corrected chi connectivity index (χ1v) is 12.2. The van der Waals surface area contributed by atoms with Crippen molar-refractivity contribution in [1.29, 1.82) is 0 Å². The maximum Gasteiger partial charge on any atom is 0.406 e. The molecule has 1 aliphatic carbocycles. The lowest BCUT2D eigenvalue weighted by molar-refractivity contribution is -0.140. The summed E-state index contributed by atoms with van der Waals surface area (Å²) in [5.74, 6) is 6.04. The van der Waals surface area contributed by atoms with Gasteiger partial charge in [-0.05, 0) is 76.7 Å². The van der Waals surface area contributed by atoms with Crippen molar-refractivity contribution in [3.63, 3.8) is 0 Å². The van der Waals surface area contributed by atoms with Gasteiger partial charge in [0.05, 0.1) is 17.8 Å². The van der Waals surface area contributed by atoms with E-state index in [1.54, 1.807) is 12.1 Å². The van der Waals surface area contributed by atoms with E-state index in [4.69, 9.17) is 4.74 Å². The van der Waals surface area contributed by atoms with Gasteiger partial charge in [0.25, 0.3) is 0 Å². The first-order valence-electron chi connectivity index (χ1n) is 12.2. The number of rotatable bonds is 6. The molecule has 0 amide bonds. The molecule has 1 aliphatic heterocycles. The van der Waals surface area contributed by atoms with Gasteiger partial charge in [0.2, 0.25) is 0 Å². The van der Waals surface area contributed by atoms with Gasteiger partial charge in [0.15, 0.2) is 0 Å². The zero-order valence-corrected chi connectivity index (χ0v) is 20.0. The molecule has 1 aromatic heterocycles. The zero-order valence-electron chi connectivity index (χ0n) is 20.0. The molecule has 186 valence electrons. The summed E-state index contributed by atoms with van der Waals surface area (Å²) in [5, 5.41) is 7.78.